The minimum absolute atomic E-state index is 0.206. The van der Waals surface area contributed by atoms with Crippen LogP contribution in [-0.2, 0) is 9.59 Å². The first-order valence-corrected chi connectivity index (χ1v) is 5.72. The molecular weight excluding hydrogens is 274 g/mol. The molecule has 6 nitrogen and oxygen atoms in total. The fourth-order valence-electron chi connectivity index (χ4n) is 1.40. The van der Waals surface area contributed by atoms with E-state index in [2.05, 4.69) is 4.99 Å². The van der Waals surface area contributed by atoms with E-state index in [0.29, 0.717) is 5.69 Å². The van der Waals surface area contributed by atoms with Gasteiger partial charge in [-0.05, 0) is 54.1 Å². The molecule has 0 saturated carbocycles. The molecule has 0 heterocycles. The van der Waals surface area contributed by atoms with E-state index in [0.717, 1.165) is 5.56 Å². The van der Waals surface area contributed by atoms with Gasteiger partial charge in [0.25, 0.3) is 0 Å². The zero-order chi connectivity index (χ0) is 15.7. The van der Waals surface area contributed by atoms with Crippen LogP contribution in [0.5, 0.6) is 5.75 Å². The van der Waals surface area contributed by atoms with E-state index in [1.165, 1.54) is 12.1 Å². The fraction of sp³-hybridized carbons (Fsp3) is 0. The summed E-state index contributed by atoms with van der Waals surface area (Å²) < 4.78 is 0. The van der Waals surface area contributed by atoms with Crippen molar-refractivity contribution in [3.63, 3.8) is 0 Å². The minimum atomic E-state index is -0.955. The number of phenols is 1. The summed E-state index contributed by atoms with van der Waals surface area (Å²) in [6.45, 7) is 0. The van der Waals surface area contributed by atoms with Crippen LogP contribution in [0.2, 0.25) is 0 Å². The van der Waals surface area contributed by atoms with Crippen LogP contribution in [0.1, 0.15) is 15.9 Å². The number of hydrogen-bond acceptors (Lipinski definition) is 5. The molecule has 2 rings (SSSR count). The highest BCUT2D eigenvalue weighted by Gasteiger charge is 2.00. The molecule has 0 aliphatic rings. The van der Waals surface area contributed by atoms with E-state index < -0.39 is 5.97 Å². The lowest BCUT2D eigenvalue weighted by molar-refractivity contribution is -0.191. The number of carbonyl (C=O) groups is 1. The smallest absolute Gasteiger partial charge is 0.373 e. The molecule has 0 radical (unpaired) electrons. The summed E-state index contributed by atoms with van der Waals surface area (Å²) in [6.07, 6.45) is 1.90. The van der Waals surface area contributed by atoms with Crippen molar-refractivity contribution in [2.24, 2.45) is 4.99 Å². The maximum Gasteiger partial charge on any atom is 0.373 e. The maximum atomic E-state index is 10.7. The highest BCUT2D eigenvalue weighted by atomic mass is 16.4. The van der Waals surface area contributed by atoms with Gasteiger partial charge in [0.1, 0.15) is 5.75 Å². The third-order valence-electron chi connectivity index (χ3n) is 2.37. The lowest BCUT2D eigenvalue weighted by Crippen LogP contribution is -1.94. The predicted molar refractivity (Wildman–Crippen MR) is 73.8 cm³/mol. The van der Waals surface area contributed by atoms with Gasteiger partial charge in [0.05, 0.1) is 11.3 Å². The molecule has 0 aromatic heterocycles. The normalized spacial score (nSPS) is 9.52. The number of aliphatic imine (C=N–C) groups is 1. The van der Waals surface area contributed by atoms with Gasteiger partial charge in [-0.15, -0.1) is 0 Å². The molecule has 106 valence electrons. The van der Waals surface area contributed by atoms with Gasteiger partial charge < -0.3 is 10.2 Å². The van der Waals surface area contributed by atoms with Gasteiger partial charge in [0, 0.05) is 6.21 Å². The van der Waals surface area contributed by atoms with Gasteiger partial charge in [-0.2, -0.15) is 9.59 Å². The second-order valence-electron chi connectivity index (χ2n) is 3.79. The minimum Gasteiger partial charge on any atom is -0.508 e. The van der Waals surface area contributed by atoms with Gasteiger partial charge in [-0.3, -0.25) is 4.99 Å². The number of carboxylic acids is 1. The van der Waals surface area contributed by atoms with Crippen molar-refractivity contribution < 1.29 is 24.6 Å². The molecule has 0 amide bonds. The quantitative estimate of drug-likeness (QED) is 0.842. The van der Waals surface area contributed by atoms with Crippen molar-refractivity contribution in [1.82, 2.24) is 0 Å². The van der Waals surface area contributed by atoms with Crippen molar-refractivity contribution in [1.29, 1.82) is 0 Å². The average molecular weight is 285 g/mol. The number of aromatic carboxylic acids is 1. The maximum absolute atomic E-state index is 10.7. The Labute approximate surface area is 120 Å². The average Bonchev–Trinajstić information content (AvgIpc) is 2.48. The topological polar surface area (TPSA) is 104 Å². The van der Waals surface area contributed by atoms with E-state index in [4.69, 9.17) is 19.8 Å². The molecule has 0 atom stereocenters. The van der Waals surface area contributed by atoms with Crippen LogP contribution in [0.4, 0.5) is 5.69 Å². The van der Waals surface area contributed by atoms with Crippen LogP contribution in [-0.4, -0.2) is 28.5 Å². The molecule has 2 N–H and O–H groups in total. The van der Waals surface area contributed by atoms with Gasteiger partial charge in [0.15, 0.2) is 0 Å². The molecule has 0 aliphatic carbocycles. The number of carbonyl (C=O) groups excluding carboxylic acids is 2. The van der Waals surface area contributed by atoms with Crippen molar-refractivity contribution in [3.05, 3.63) is 59.7 Å². The van der Waals surface area contributed by atoms with Crippen molar-refractivity contribution >= 4 is 24.0 Å². The number of phenolic OH excluding ortho intramolecular Hbond substituents is 1. The summed E-state index contributed by atoms with van der Waals surface area (Å²) in [5, 5.41) is 17.9. The van der Waals surface area contributed by atoms with Crippen LogP contribution in [0.25, 0.3) is 0 Å². The van der Waals surface area contributed by atoms with E-state index >= 15 is 0 Å². The summed E-state index contributed by atoms with van der Waals surface area (Å²) in [5.74, 6) is -0.748. The van der Waals surface area contributed by atoms with E-state index in [-0.39, 0.29) is 17.5 Å². The second-order valence-corrected chi connectivity index (χ2v) is 3.79. The summed E-state index contributed by atoms with van der Waals surface area (Å²) in [4.78, 5) is 31.1. The van der Waals surface area contributed by atoms with Gasteiger partial charge >= 0.3 is 12.1 Å². The SMILES string of the molecule is O=C(O)c1ccc(N=Cc2ccc(O)cc2)cc1.O=C=O. The zero-order valence-corrected chi connectivity index (χ0v) is 10.8. The molecule has 0 saturated heterocycles. The summed E-state index contributed by atoms with van der Waals surface area (Å²) in [6, 6.07) is 12.9. The fourth-order valence-corrected chi connectivity index (χ4v) is 1.40. The van der Waals surface area contributed by atoms with E-state index in [9.17, 15) is 4.79 Å². The van der Waals surface area contributed by atoms with E-state index in [1.807, 2.05) is 0 Å². The molecular formula is C15H11NO5. The molecule has 2 aromatic carbocycles. The molecule has 0 bridgehead atoms. The Morgan fingerprint density at radius 2 is 1.52 bits per heavy atom. The third-order valence-corrected chi connectivity index (χ3v) is 2.37. The number of rotatable bonds is 3. The Hall–Kier alpha value is -3.24. The molecule has 6 heteroatoms. The van der Waals surface area contributed by atoms with Gasteiger partial charge in [-0.25, -0.2) is 4.79 Å². The third kappa shape index (κ3) is 5.50. The first-order valence-electron chi connectivity index (χ1n) is 5.72. The summed E-state index contributed by atoms with van der Waals surface area (Å²) >= 11 is 0. The predicted octanol–water partition coefficient (Wildman–Crippen LogP) is 2.26. The molecule has 0 fully saturated rings. The number of benzene rings is 2. The monoisotopic (exact) mass is 285 g/mol. The Kier molecular flexibility index (Phi) is 6.05. The lowest BCUT2D eigenvalue weighted by atomic mass is 10.2. The summed E-state index contributed by atoms with van der Waals surface area (Å²) in [5.41, 5.74) is 1.77. The Balaban J connectivity index is 0.000000677. The second kappa shape index (κ2) is 8.04. The van der Waals surface area contributed by atoms with Crippen LogP contribution in [0, 0.1) is 0 Å². The van der Waals surface area contributed by atoms with Crippen LogP contribution in [0.15, 0.2) is 53.5 Å². The number of nitrogens with zero attached hydrogens (tertiary/aromatic N) is 1. The lowest BCUT2D eigenvalue weighted by Gasteiger charge is -1.96. The molecule has 0 spiro atoms. The van der Waals surface area contributed by atoms with Crippen LogP contribution in [0.3, 0.4) is 0 Å². The Morgan fingerprint density at radius 1 is 1.00 bits per heavy atom. The zero-order valence-electron chi connectivity index (χ0n) is 10.8. The van der Waals surface area contributed by atoms with Crippen molar-refractivity contribution in [3.8, 4) is 5.75 Å². The first kappa shape index (κ1) is 15.8. The number of hydrogen-bond donors (Lipinski definition) is 2. The van der Waals surface area contributed by atoms with Crippen molar-refractivity contribution in [2.75, 3.05) is 0 Å². The molecule has 21 heavy (non-hydrogen) atoms. The van der Waals surface area contributed by atoms with Crippen LogP contribution < -0.4 is 0 Å². The molecule has 2 aromatic rings. The van der Waals surface area contributed by atoms with Gasteiger partial charge in [-0.1, -0.05) is 0 Å². The number of aromatic hydroxyl groups is 1. The van der Waals surface area contributed by atoms with Crippen molar-refractivity contribution in [2.45, 2.75) is 0 Å². The summed E-state index contributed by atoms with van der Waals surface area (Å²) in [7, 11) is 0. The van der Waals surface area contributed by atoms with Gasteiger partial charge in [0.2, 0.25) is 0 Å². The highest BCUT2D eigenvalue weighted by molar-refractivity contribution is 5.88. The molecule has 0 aliphatic heterocycles. The molecule has 0 unspecified atom stereocenters. The number of carboxylic acid groups (broad SMARTS) is 1. The Morgan fingerprint density at radius 3 is 2.00 bits per heavy atom. The van der Waals surface area contributed by atoms with Crippen LogP contribution >= 0.6 is 0 Å². The Bertz CT molecular complexity index is 653. The first-order chi connectivity index (χ1) is 10.1. The van der Waals surface area contributed by atoms with E-state index in [1.54, 1.807) is 42.6 Å². The largest absolute Gasteiger partial charge is 0.508 e. The standard InChI is InChI=1S/C14H11NO3.CO2/c16-13-7-1-10(2-8-13)9-15-12-5-3-11(4-6-12)14(17)18;2-1-3/h1-9,16H,(H,17,18);. The highest BCUT2D eigenvalue weighted by Crippen LogP contribution is 2.14.